The molecular weight excluding hydrogens is 240 g/mol. The molecule has 4 nitrogen and oxygen atoms in total. The Labute approximate surface area is 113 Å². The van der Waals surface area contributed by atoms with Crippen LogP contribution in [0.1, 0.15) is 25.7 Å². The average molecular weight is 258 g/mol. The van der Waals surface area contributed by atoms with Crippen LogP contribution in [0.25, 0.3) is 0 Å². The molecule has 0 radical (unpaired) electrons. The molecule has 1 aromatic rings. The summed E-state index contributed by atoms with van der Waals surface area (Å²) >= 11 is 0. The predicted molar refractivity (Wildman–Crippen MR) is 72.4 cm³/mol. The maximum absolute atomic E-state index is 8.81. The van der Waals surface area contributed by atoms with Crippen molar-refractivity contribution in [3.63, 3.8) is 0 Å². The van der Waals surface area contributed by atoms with E-state index in [-0.39, 0.29) is 5.41 Å². The number of hydrogen-bond donors (Lipinski definition) is 1. The third-order valence-electron chi connectivity index (χ3n) is 3.83. The van der Waals surface area contributed by atoms with Crippen molar-refractivity contribution in [1.29, 1.82) is 5.26 Å². The molecule has 1 N–H and O–H groups in total. The van der Waals surface area contributed by atoms with Crippen molar-refractivity contribution < 1.29 is 9.47 Å². The minimum absolute atomic E-state index is 0.207. The Balaban J connectivity index is 1.66. The number of nitrogens with one attached hydrogen (secondary N) is 1. The molecule has 0 bridgehead atoms. The summed E-state index contributed by atoms with van der Waals surface area (Å²) < 4.78 is 11.3. The van der Waals surface area contributed by atoms with Crippen LogP contribution < -0.4 is 14.8 Å². The predicted octanol–water partition coefficient (Wildman–Crippen LogP) is 2.95. The van der Waals surface area contributed by atoms with Crippen molar-refractivity contribution in [2.45, 2.75) is 25.7 Å². The Morgan fingerprint density at radius 1 is 1.21 bits per heavy atom. The second kappa shape index (κ2) is 5.00. The maximum atomic E-state index is 8.81. The van der Waals surface area contributed by atoms with Crippen molar-refractivity contribution >= 4 is 5.69 Å². The SMILES string of the molecule is N#CCC1(CNc2ccc3c(c2)OCCCO3)CC1. The van der Waals surface area contributed by atoms with E-state index in [1.54, 1.807) is 0 Å². The Morgan fingerprint density at radius 2 is 2.00 bits per heavy atom. The van der Waals surface area contributed by atoms with E-state index in [9.17, 15) is 0 Å². The molecular formula is C15H18N2O2. The summed E-state index contributed by atoms with van der Waals surface area (Å²) in [6, 6.07) is 8.23. The molecule has 1 fully saturated rings. The molecule has 1 aromatic carbocycles. The summed E-state index contributed by atoms with van der Waals surface area (Å²) in [6.45, 7) is 2.28. The van der Waals surface area contributed by atoms with Gasteiger partial charge in [0.15, 0.2) is 11.5 Å². The minimum atomic E-state index is 0.207. The van der Waals surface area contributed by atoms with Gasteiger partial charge in [0.2, 0.25) is 0 Å². The van der Waals surface area contributed by atoms with Crippen LogP contribution >= 0.6 is 0 Å². The molecule has 0 saturated heterocycles. The first-order valence-electron chi connectivity index (χ1n) is 6.82. The topological polar surface area (TPSA) is 54.3 Å². The van der Waals surface area contributed by atoms with Crippen LogP contribution in [0.3, 0.4) is 0 Å². The van der Waals surface area contributed by atoms with Gasteiger partial charge in [0.1, 0.15) is 0 Å². The lowest BCUT2D eigenvalue weighted by Gasteiger charge is -2.15. The summed E-state index contributed by atoms with van der Waals surface area (Å²) in [5, 5.41) is 12.2. The largest absolute Gasteiger partial charge is 0.490 e. The van der Waals surface area contributed by atoms with Crippen LogP contribution in [0.4, 0.5) is 5.69 Å². The number of fused-ring (bicyclic) bond motifs is 1. The molecule has 100 valence electrons. The molecule has 1 aliphatic carbocycles. The van der Waals surface area contributed by atoms with E-state index in [4.69, 9.17) is 14.7 Å². The minimum Gasteiger partial charge on any atom is -0.490 e. The molecule has 2 aliphatic rings. The molecule has 3 rings (SSSR count). The normalized spacial score (nSPS) is 19.1. The molecule has 4 heteroatoms. The number of anilines is 1. The Morgan fingerprint density at radius 3 is 2.74 bits per heavy atom. The summed E-state index contributed by atoms with van der Waals surface area (Å²) in [4.78, 5) is 0. The van der Waals surface area contributed by atoms with Crippen molar-refractivity contribution in [3.05, 3.63) is 18.2 Å². The molecule has 0 aromatic heterocycles. The monoisotopic (exact) mass is 258 g/mol. The van der Waals surface area contributed by atoms with Crippen LogP contribution in [-0.2, 0) is 0 Å². The highest BCUT2D eigenvalue weighted by Gasteiger charge is 2.42. The van der Waals surface area contributed by atoms with Gasteiger partial charge in [-0.2, -0.15) is 5.26 Å². The molecule has 0 atom stereocenters. The highest BCUT2D eigenvalue weighted by Crippen LogP contribution is 2.48. The van der Waals surface area contributed by atoms with Crippen LogP contribution in [0.15, 0.2) is 18.2 Å². The van der Waals surface area contributed by atoms with Crippen LogP contribution in [-0.4, -0.2) is 19.8 Å². The molecule has 1 aliphatic heterocycles. The number of nitriles is 1. The van der Waals surface area contributed by atoms with E-state index in [0.29, 0.717) is 19.6 Å². The molecule has 19 heavy (non-hydrogen) atoms. The van der Waals surface area contributed by atoms with Gasteiger partial charge in [-0.3, -0.25) is 0 Å². The summed E-state index contributed by atoms with van der Waals surface area (Å²) in [5.41, 5.74) is 1.24. The number of benzene rings is 1. The standard InChI is InChI=1S/C15H18N2O2/c16-7-6-15(4-5-15)11-17-12-2-3-13-14(10-12)19-9-1-8-18-13/h2-3,10,17H,1,4-6,8-9,11H2. The smallest absolute Gasteiger partial charge is 0.163 e. The van der Waals surface area contributed by atoms with E-state index >= 15 is 0 Å². The molecule has 1 heterocycles. The third-order valence-corrected chi connectivity index (χ3v) is 3.83. The zero-order chi connectivity index (χ0) is 13.1. The van der Waals surface area contributed by atoms with Crippen LogP contribution in [0, 0.1) is 16.7 Å². The first-order chi connectivity index (χ1) is 9.31. The van der Waals surface area contributed by atoms with Gasteiger partial charge in [0, 0.05) is 36.6 Å². The van der Waals surface area contributed by atoms with Crippen LogP contribution in [0.5, 0.6) is 11.5 Å². The van der Waals surface area contributed by atoms with Gasteiger partial charge in [-0.15, -0.1) is 0 Å². The van der Waals surface area contributed by atoms with Crippen LogP contribution in [0.2, 0.25) is 0 Å². The highest BCUT2D eigenvalue weighted by molar-refractivity contribution is 5.55. The quantitative estimate of drug-likeness (QED) is 0.902. The fourth-order valence-corrected chi connectivity index (χ4v) is 2.32. The summed E-state index contributed by atoms with van der Waals surface area (Å²) in [7, 11) is 0. The van der Waals surface area contributed by atoms with Crippen molar-refractivity contribution in [1.82, 2.24) is 0 Å². The fourth-order valence-electron chi connectivity index (χ4n) is 2.32. The van der Waals surface area contributed by atoms with E-state index in [0.717, 1.165) is 43.0 Å². The average Bonchev–Trinajstić information content (AvgIpc) is 3.20. The fraction of sp³-hybridized carbons (Fsp3) is 0.533. The lowest BCUT2D eigenvalue weighted by atomic mass is 10.0. The Hall–Kier alpha value is -1.89. The Kier molecular flexibility index (Phi) is 3.20. The first kappa shape index (κ1) is 12.2. The number of ether oxygens (including phenoxy) is 2. The van der Waals surface area contributed by atoms with E-state index in [1.165, 1.54) is 0 Å². The van der Waals surface area contributed by atoms with Gasteiger partial charge in [-0.05, 0) is 25.0 Å². The molecule has 0 spiro atoms. The maximum Gasteiger partial charge on any atom is 0.163 e. The molecule has 0 unspecified atom stereocenters. The van der Waals surface area contributed by atoms with E-state index in [1.807, 2.05) is 18.2 Å². The van der Waals surface area contributed by atoms with E-state index in [2.05, 4.69) is 11.4 Å². The lowest BCUT2D eigenvalue weighted by Crippen LogP contribution is -2.14. The molecule has 0 amide bonds. The second-order valence-corrected chi connectivity index (χ2v) is 5.40. The summed E-state index contributed by atoms with van der Waals surface area (Å²) in [6.07, 6.45) is 3.86. The first-order valence-corrected chi connectivity index (χ1v) is 6.82. The van der Waals surface area contributed by atoms with Crippen molar-refractivity contribution in [2.75, 3.05) is 25.1 Å². The molecule has 1 saturated carbocycles. The summed E-state index contributed by atoms with van der Waals surface area (Å²) in [5.74, 6) is 1.63. The van der Waals surface area contributed by atoms with Gasteiger partial charge in [0.05, 0.1) is 19.3 Å². The van der Waals surface area contributed by atoms with Gasteiger partial charge in [0.25, 0.3) is 0 Å². The third kappa shape index (κ3) is 2.76. The van der Waals surface area contributed by atoms with Gasteiger partial charge in [-0.25, -0.2) is 0 Å². The van der Waals surface area contributed by atoms with Gasteiger partial charge in [-0.1, -0.05) is 0 Å². The lowest BCUT2D eigenvalue weighted by molar-refractivity contribution is 0.297. The number of hydrogen-bond acceptors (Lipinski definition) is 4. The second-order valence-electron chi connectivity index (χ2n) is 5.40. The zero-order valence-corrected chi connectivity index (χ0v) is 10.9. The van der Waals surface area contributed by atoms with Gasteiger partial charge < -0.3 is 14.8 Å². The number of rotatable bonds is 4. The highest BCUT2D eigenvalue weighted by atomic mass is 16.5. The zero-order valence-electron chi connectivity index (χ0n) is 10.9. The van der Waals surface area contributed by atoms with Crippen molar-refractivity contribution in [3.8, 4) is 17.6 Å². The van der Waals surface area contributed by atoms with Crippen molar-refractivity contribution in [2.24, 2.45) is 5.41 Å². The van der Waals surface area contributed by atoms with Gasteiger partial charge >= 0.3 is 0 Å². The van der Waals surface area contributed by atoms with E-state index < -0.39 is 0 Å². The number of nitrogens with zero attached hydrogens (tertiary/aromatic N) is 1. The Bertz CT molecular complexity index is 503.